The van der Waals surface area contributed by atoms with Crippen LogP contribution in [0.3, 0.4) is 0 Å². The first kappa shape index (κ1) is 76.3. The van der Waals surface area contributed by atoms with E-state index in [1.54, 1.807) is 43.2 Å². The highest BCUT2D eigenvalue weighted by Crippen LogP contribution is 2.47. The number of ether oxygens (including phenoxy) is 5. The maximum absolute atomic E-state index is 13.5. The smallest absolute Gasteiger partial charge is 0.410 e. The van der Waals surface area contributed by atoms with Crippen molar-refractivity contribution >= 4 is 53.2 Å². The standard InChI is InChI=1S/C36H52N6O8.C33H56O7/c1-25(2)29(23-28(43)8-5-4-6-17-42-32(45)14-15-33(42)46)34(47)39-30(9-7-16-38-35(37)48)31(44)22-26-10-12-27(13-11-26)24-50-36(49)41-20-18-40(3)19-21-41;1-22(21-33(7)32(40-33)25(4)31(37-8)26(5)34)13-12-14-23(2)30-24(3)16-18-29(39-30)19-17-28(36)15-10-9-11-20-38-27(6)35/h10-15,25,29-30H,4-9,16-24H2,1-3H3,(H,39,47)(H3,37,38,48);12-14,22,24-26,29-32,34H,9-11,15-21H2,1-8H3/b;13-12+,23-14+/t29-,30-;22-,24+,25-,26-,29-,30-,31-,32-,33-/m01/s1. The van der Waals surface area contributed by atoms with Crippen LogP contribution in [-0.4, -0.2) is 175 Å². The summed E-state index contributed by atoms with van der Waals surface area (Å²) < 4.78 is 28.5. The summed E-state index contributed by atoms with van der Waals surface area (Å²) in [4.78, 5) is 115. The van der Waals surface area contributed by atoms with Crippen molar-refractivity contribution in [2.24, 2.45) is 35.3 Å². The van der Waals surface area contributed by atoms with Crippen LogP contribution in [0.15, 0.2) is 60.2 Å². The Kier molecular flexibility index (Phi) is 33.3. The molecule has 1 aromatic rings. The molecule has 21 heteroatoms. The lowest BCUT2D eigenvalue weighted by molar-refractivity contribution is -0.141. The van der Waals surface area contributed by atoms with E-state index in [1.807, 2.05) is 20.9 Å². The summed E-state index contributed by atoms with van der Waals surface area (Å²) in [5.41, 5.74) is 7.71. The van der Waals surface area contributed by atoms with E-state index < -0.39 is 24.1 Å². The van der Waals surface area contributed by atoms with Crippen LogP contribution in [0, 0.1) is 29.6 Å². The Balaban J connectivity index is 0.000000394. The first-order chi connectivity index (χ1) is 42.7. The molecule has 0 aliphatic carbocycles. The number of methoxy groups -OCH3 is 1. The summed E-state index contributed by atoms with van der Waals surface area (Å²) in [7, 11) is 3.66. The zero-order valence-electron chi connectivity index (χ0n) is 55.8. The van der Waals surface area contributed by atoms with Crippen molar-refractivity contribution in [3.8, 4) is 0 Å². The number of carbonyl (C=O) groups excluding carboxylic acids is 9. The lowest BCUT2D eigenvalue weighted by Gasteiger charge is -2.35. The number of ketones is 3. The number of nitrogens with two attached hydrogens (primary N) is 1. The van der Waals surface area contributed by atoms with Crippen molar-refractivity contribution < 1.29 is 71.9 Å². The molecule has 4 aliphatic rings. The molecule has 21 nitrogen and oxygen atoms in total. The number of urea groups is 1. The van der Waals surface area contributed by atoms with E-state index in [4.69, 9.17) is 29.4 Å². The number of carbonyl (C=O) groups is 9. The molecule has 0 unspecified atom stereocenters. The summed E-state index contributed by atoms with van der Waals surface area (Å²) in [6.45, 7) is 21.7. The number of aliphatic hydroxyl groups is 1. The first-order valence-corrected chi connectivity index (χ1v) is 32.9. The number of epoxide rings is 1. The summed E-state index contributed by atoms with van der Waals surface area (Å²) in [6.07, 6.45) is 18.6. The van der Waals surface area contributed by atoms with E-state index in [0.717, 1.165) is 69.2 Å². The molecule has 3 saturated heterocycles. The van der Waals surface area contributed by atoms with Crippen LogP contribution in [0.25, 0.3) is 0 Å². The quantitative estimate of drug-likeness (QED) is 0.0158. The van der Waals surface area contributed by atoms with E-state index in [9.17, 15) is 48.3 Å². The highest BCUT2D eigenvalue weighted by atomic mass is 16.6. The summed E-state index contributed by atoms with van der Waals surface area (Å²) in [5, 5.41) is 15.4. The van der Waals surface area contributed by atoms with Crippen LogP contribution in [0.1, 0.15) is 176 Å². The number of aliphatic hydroxyl groups excluding tert-OH is 1. The van der Waals surface area contributed by atoms with Gasteiger partial charge in [0, 0.05) is 109 Å². The molecule has 1 aromatic carbocycles. The van der Waals surface area contributed by atoms with Crippen molar-refractivity contribution in [2.45, 2.75) is 220 Å². The lowest BCUT2D eigenvalue weighted by Crippen LogP contribution is -2.47. The summed E-state index contributed by atoms with van der Waals surface area (Å²) in [5.74, 6) is -1.15. The SMILES string of the molecule is CC(C)[C@H](CC(=O)CCCCCN1C(=O)C=CC1=O)C(=O)N[C@@H](CCCNC(N)=O)C(=O)Cc1ccc(COC(=O)N2CCN(C)CC2)cc1.CO[C@H]([C@@H](C)[C@H]1O[C@]1(C)C[C@H](C)/C=C/C=C(\C)[C@H]1O[C@@H](CCC(=O)CCCCCOC(C)=O)CC[C@@H]1C)[C@@H](C)O. The van der Waals surface area contributed by atoms with E-state index >= 15 is 0 Å². The maximum Gasteiger partial charge on any atom is 0.410 e. The fraction of sp³-hybridized carbons (Fsp3) is 0.696. The molecule has 0 spiro atoms. The third-order valence-corrected chi connectivity index (χ3v) is 17.6. The fourth-order valence-corrected chi connectivity index (χ4v) is 12.2. The number of likely N-dealkylation sites (N-methyl/N-ethyl adjacent to an activating group) is 1. The third-order valence-electron chi connectivity index (χ3n) is 17.6. The molecule has 6 amide bonds. The van der Waals surface area contributed by atoms with E-state index in [2.05, 4.69) is 68.4 Å². The lowest BCUT2D eigenvalue weighted by atomic mass is 9.85. The number of rotatable bonds is 38. The number of imide groups is 1. The number of piperazine rings is 1. The highest BCUT2D eigenvalue weighted by Gasteiger charge is 2.57. The van der Waals surface area contributed by atoms with Gasteiger partial charge in [-0.3, -0.25) is 38.5 Å². The van der Waals surface area contributed by atoms with Crippen LogP contribution in [-0.2, 0) is 70.3 Å². The van der Waals surface area contributed by atoms with Crippen LogP contribution in [0.5, 0.6) is 0 Å². The number of benzene rings is 1. The van der Waals surface area contributed by atoms with Gasteiger partial charge in [-0.05, 0) is 133 Å². The van der Waals surface area contributed by atoms with Gasteiger partial charge in [-0.2, -0.15) is 0 Å². The topological polar surface area (TPSA) is 283 Å². The summed E-state index contributed by atoms with van der Waals surface area (Å²) in [6, 6.07) is 5.65. The normalized spacial score (nSPS) is 22.3. The van der Waals surface area contributed by atoms with Crippen LogP contribution >= 0.6 is 0 Å². The van der Waals surface area contributed by atoms with Gasteiger partial charge in [-0.15, -0.1) is 0 Å². The van der Waals surface area contributed by atoms with E-state index in [1.165, 1.54) is 29.5 Å². The van der Waals surface area contributed by atoms with Gasteiger partial charge in [0.2, 0.25) is 5.91 Å². The van der Waals surface area contributed by atoms with Gasteiger partial charge < -0.3 is 55.0 Å². The van der Waals surface area contributed by atoms with Crippen LogP contribution in [0.2, 0.25) is 0 Å². The first-order valence-electron chi connectivity index (χ1n) is 32.9. The number of nitrogens with zero attached hydrogens (tertiary/aromatic N) is 3. The predicted molar refractivity (Wildman–Crippen MR) is 343 cm³/mol. The zero-order chi connectivity index (χ0) is 66.5. The Morgan fingerprint density at radius 2 is 1.48 bits per heavy atom. The predicted octanol–water partition coefficient (Wildman–Crippen LogP) is 8.69. The molecule has 0 bridgehead atoms. The van der Waals surface area contributed by atoms with Gasteiger partial charge in [-0.1, -0.05) is 83.5 Å². The average molecular weight is 1260 g/mol. The largest absolute Gasteiger partial charge is 0.466 e. The second-order valence-electron chi connectivity index (χ2n) is 26.0. The monoisotopic (exact) mass is 1260 g/mol. The zero-order valence-corrected chi connectivity index (χ0v) is 55.8. The molecule has 5 N–H and O–H groups in total. The van der Waals surface area contributed by atoms with Gasteiger partial charge in [0.1, 0.15) is 18.2 Å². The third kappa shape index (κ3) is 27.4. The minimum absolute atomic E-state index is 0.0293. The van der Waals surface area contributed by atoms with Crippen molar-refractivity contribution in [2.75, 3.05) is 60.0 Å². The molecule has 0 aromatic heterocycles. The van der Waals surface area contributed by atoms with Gasteiger partial charge in [0.05, 0.1) is 48.8 Å². The Morgan fingerprint density at radius 3 is 2.10 bits per heavy atom. The van der Waals surface area contributed by atoms with Crippen molar-refractivity contribution in [3.63, 3.8) is 0 Å². The minimum Gasteiger partial charge on any atom is -0.466 e. The summed E-state index contributed by atoms with van der Waals surface area (Å²) >= 11 is 0. The highest BCUT2D eigenvalue weighted by molar-refractivity contribution is 6.12. The van der Waals surface area contributed by atoms with Crippen LogP contribution in [0.4, 0.5) is 9.59 Å². The molecule has 504 valence electrons. The Labute approximate surface area is 535 Å². The second-order valence-corrected chi connectivity index (χ2v) is 26.0. The number of esters is 1. The van der Waals surface area contributed by atoms with Crippen molar-refractivity contribution in [3.05, 3.63) is 71.3 Å². The molecular weight excluding hydrogens is 1150 g/mol. The molecule has 4 heterocycles. The number of unbranched alkanes of at least 4 members (excludes halogenated alkanes) is 4. The second kappa shape index (κ2) is 39.3. The maximum atomic E-state index is 13.5. The number of nitrogens with one attached hydrogen (secondary N) is 2. The van der Waals surface area contributed by atoms with Gasteiger partial charge in [0.15, 0.2) is 5.78 Å². The number of allylic oxidation sites excluding steroid dienone is 3. The van der Waals surface area contributed by atoms with Crippen LogP contribution < -0.4 is 16.4 Å². The average Bonchev–Trinajstić information content (AvgIpc) is 1.60. The molecule has 5 rings (SSSR count). The van der Waals surface area contributed by atoms with Gasteiger partial charge in [0.25, 0.3) is 11.8 Å². The molecule has 3 fully saturated rings. The number of Topliss-reactive ketones (excluding diaryl/α,β-unsaturated/α-hetero) is 3. The van der Waals surface area contributed by atoms with Crippen molar-refractivity contribution in [1.82, 2.24) is 25.3 Å². The van der Waals surface area contributed by atoms with Gasteiger partial charge in [-0.25, -0.2) is 9.59 Å². The van der Waals surface area contributed by atoms with E-state index in [0.29, 0.717) is 82.4 Å². The Bertz CT molecular complexity index is 2560. The molecular formula is C69H108N6O15. The molecule has 11 atom stereocenters. The Hall–Kier alpha value is -6.13. The fourth-order valence-electron chi connectivity index (χ4n) is 12.2. The number of hydrogen-bond donors (Lipinski definition) is 4. The molecule has 4 aliphatic heterocycles. The number of hydrogen-bond acceptors (Lipinski definition) is 16. The Morgan fingerprint density at radius 1 is 0.833 bits per heavy atom. The minimum atomic E-state index is -0.844. The molecule has 0 saturated carbocycles. The molecule has 90 heavy (non-hydrogen) atoms. The van der Waals surface area contributed by atoms with Gasteiger partial charge >= 0.3 is 18.1 Å². The number of primary amides is 1. The number of amides is 6. The molecule has 0 radical (unpaired) electrons. The van der Waals surface area contributed by atoms with Crippen molar-refractivity contribution in [1.29, 1.82) is 0 Å². The van der Waals surface area contributed by atoms with E-state index in [-0.39, 0.29) is 122 Å².